The van der Waals surface area contributed by atoms with Gasteiger partial charge in [0.05, 0.1) is 0 Å². The van der Waals surface area contributed by atoms with E-state index in [1.807, 2.05) is 36.4 Å². The fourth-order valence-electron chi connectivity index (χ4n) is 3.02. The van der Waals surface area contributed by atoms with Crippen molar-refractivity contribution in [3.8, 4) is 5.75 Å². The van der Waals surface area contributed by atoms with Gasteiger partial charge in [-0.25, -0.2) is 0 Å². The minimum absolute atomic E-state index is 0. The van der Waals surface area contributed by atoms with Crippen LogP contribution in [0.25, 0.3) is 0 Å². The molecule has 130 valence electrons. The van der Waals surface area contributed by atoms with Gasteiger partial charge < -0.3 is 10.1 Å². The summed E-state index contributed by atoms with van der Waals surface area (Å²) in [6.45, 7) is 1.51. The Labute approximate surface area is 156 Å². The highest BCUT2D eigenvalue weighted by atomic mass is 35.5. The Hall–Kier alpha value is -1.22. The maximum Gasteiger partial charge on any atom is 0.119 e. The minimum atomic E-state index is 0. The van der Waals surface area contributed by atoms with E-state index in [0.717, 1.165) is 22.9 Å². The van der Waals surface area contributed by atoms with Crippen LogP contribution in [-0.4, -0.2) is 6.04 Å². The fourth-order valence-corrected chi connectivity index (χ4v) is 3.15. The van der Waals surface area contributed by atoms with Crippen molar-refractivity contribution in [2.24, 2.45) is 0 Å². The van der Waals surface area contributed by atoms with Gasteiger partial charge in [-0.1, -0.05) is 55.1 Å². The predicted molar refractivity (Wildman–Crippen MR) is 103 cm³/mol. The van der Waals surface area contributed by atoms with Gasteiger partial charge in [-0.15, -0.1) is 12.4 Å². The van der Waals surface area contributed by atoms with E-state index in [4.69, 9.17) is 16.3 Å². The lowest BCUT2D eigenvalue weighted by Crippen LogP contribution is -2.30. The van der Waals surface area contributed by atoms with Gasteiger partial charge in [0.15, 0.2) is 0 Å². The number of ether oxygens (including phenoxy) is 1. The average Bonchev–Trinajstić information content (AvgIpc) is 2.61. The molecule has 4 heteroatoms. The molecule has 0 radical (unpaired) electrons. The van der Waals surface area contributed by atoms with Gasteiger partial charge in [0, 0.05) is 17.6 Å². The third-order valence-corrected chi connectivity index (χ3v) is 4.69. The van der Waals surface area contributed by atoms with Crippen LogP contribution in [0.4, 0.5) is 0 Å². The lowest BCUT2D eigenvalue weighted by atomic mass is 9.95. The molecule has 0 aliphatic heterocycles. The van der Waals surface area contributed by atoms with Crippen molar-refractivity contribution in [2.45, 2.75) is 51.3 Å². The molecule has 0 unspecified atom stereocenters. The molecule has 0 aromatic heterocycles. The Morgan fingerprint density at radius 1 is 0.875 bits per heavy atom. The topological polar surface area (TPSA) is 21.3 Å². The number of benzene rings is 2. The molecule has 2 nitrogen and oxygen atoms in total. The zero-order valence-corrected chi connectivity index (χ0v) is 15.4. The molecule has 1 aliphatic carbocycles. The number of hydrogen-bond donors (Lipinski definition) is 1. The van der Waals surface area contributed by atoms with E-state index in [0.29, 0.717) is 12.6 Å². The van der Waals surface area contributed by atoms with E-state index in [-0.39, 0.29) is 12.4 Å². The summed E-state index contributed by atoms with van der Waals surface area (Å²) in [5.41, 5.74) is 2.44. The Morgan fingerprint density at radius 2 is 1.50 bits per heavy atom. The summed E-state index contributed by atoms with van der Waals surface area (Å²) < 4.78 is 5.82. The Bertz CT molecular complexity index is 592. The van der Waals surface area contributed by atoms with Crippen molar-refractivity contribution in [3.63, 3.8) is 0 Å². The summed E-state index contributed by atoms with van der Waals surface area (Å²) in [4.78, 5) is 0. The van der Waals surface area contributed by atoms with Crippen LogP contribution >= 0.6 is 24.0 Å². The van der Waals surface area contributed by atoms with Gasteiger partial charge in [0.25, 0.3) is 0 Å². The van der Waals surface area contributed by atoms with Gasteiger partial charge in [-0.3, -0.25) is 0 Å². The van der Waals surface area contributed by atoms with Crippen LogP contribution in [0, 0.1) is 0 Å². The molecule has 1 aliphatic rings. The maximum atomic E-state index is 5.89. The van der Waals surface area contributed by atoms with Gasteiger partial charge >= 0.3 is 0 Å². The number of rotatable bonds is 6. The Balaban J connectivity index is 0.00000208. The number of hydrogen-bond acceptors (Lipinski definition) is 2. The highest BCUT2D eigenvalue weighted by Gasteiger charge is 2.12. The molecule has 1 fully saturated rings. The quantitative estimate of drug-likeness (QED) is 0.701. The molecule has 0 heterocycles. The number of nitrogens with one attached hydrogen (secondary N) is 1. The van der Waals surface area contributed by atoms with E-state index in [2.05, 4.69) is 17.4 Å². The molecule has 3 rings (SSSR count). The largest absolute Gasteiger partial charge is 0.489 e. The van der Waals surface area contributed by atoms with E-state index in [1.165, 1.54) is 37.7 Å². The van der Waals surface area contributed by atoms with Crippen molar-refractivity contribution < 1.29 is 4.74 Å². The zero-order chi connectivity index (χ0) is 15.9. The zero-order valence-electron chi connectivity index (χ0n) is 13.8. The third kappa shape index (κ3) is 6.01. The summed E-state index contributed by atoms with van der Waals surface area (Å²) >= 11 is 5.89. The maximum absolute atomic E-state index is 5.89. The monoisotopic (exact) mass is 365 g/mol. The van der Waals surface area contributed by atoms with Crippen LogP contribution in [-0.2, 0) is 13.2 Å². The predicted octanol–water partition coefficient (Wildman–Crippen LogP) is 5.76. The molecule has 0 saturated heterocycles. The smallest absolute Gasteiger partial charge is 0.119 e. The lowest BCUT2D eigenvalue weighted by molar-refractivity contribution is 0.306. The Kier molecular flexibility index (Phi) is 7.90. The van der Waals surface area contributed by atoms with Crippen LogP contribution in [0.2, 0.25) is 5.02 Å². The van der Waals surface area contributed by atoms with E-state index < -0.39 is 0 Å². The summed E-state index contributed by atoms with van der Waals surface area (Å²) in [7, 11) is 0. The van der Waals surface area contributed by atoms with Crippen LogP contribution in [0.15, 0.2) is 48.5 Å². The SMILES string of the molecule is Cl.Clc1ccc(COc2ccc(CNC3CCCCC3)cc2)cc1. The average molecular weight is 366 g/mol. The van der Waals surface area contributed by atoms with Gasteiger partial charge in [0.1, 0.15) is 12.4 Å². The van der Waals surface area contributed by atoms with Crippen molar-refractivity contribution in [1.29, 1.82) is 0 Å². The highest BCUT2D eigenvalue weighted by Crippen LogP contribution is 2.19. The van der Waals surface area contributed by atoms with Gasteiger partial charge in [0.2, 0.25) is 0 Å². The van der Waals surface area contributed by atoms with E-state index in [1.54, 1.807) is 0 Å². The Morgan fingerprint density at radius 3 is 2.17 bits per heavy atom. The molecular weight excluding hydrogens is 341 g/mol. The fraction of sp³-hybridized carbons (Fsp3) is 0.400. The van der Waals surface area contributed by atoms with Gasteiger partial charge in [-0.2, -0.15) is 0 Å². The first-order valence-corrected chi connectivity index (χ1v) is 8.87. The van der Waals surface area contributed by atoms with Crippen molar-refractivity contribution in [3.05, 3.63) is 64.7 Å². The van der Waals surface area contributed by atoms with Gasteiger partial charge in [-0.05, 0) is 48.2 Å². The third-order valence-electron chi connectivity index (χ3n) is 4.44. The summed E-state index contributed by atoms with van der Waals surface area (Å²) in [5, 5.41) is 4.42. The summed E-state index contributed by atoms with van der Waals surface area (Å²) in [5.74, 6) is 0.904. The molecule has 2 aromatic carbocycles. The molecule has 24 heavy (non-hydrogen) atoms. The second-order valence-electron chi connectivity index (χ2n) is 6.27. The molecule has 0 spiro atoms. The van der Waals surface area contributed by atoms with Crippen molar-refractivity contribution in [2.75, 3.05) is 0 Å². The molecule has 2 aromatic rings. The second kappa shape index (κ2) is 9.93. The standard InChI is InChI=1S/C20H24ClNO.ClH/c21-18-10-6-17(7-11-18)15-23-20-12-8-16(9-13-20)14-22-19-4-2-1-3-5-19;/h6-13,19,22H,1-5,14-15H2;1H. The normalized spacial score (nSPS) is 14.9. The van der Waals surface area contributed by atoms with Crippen molar-refractivity contribution >= 4 is 24.0 Å². The summed E-state index contributed by atoms with van der Waals surface area (Å²) in [6.07, 6.45) is 6.78. The molecular formula is C20H25Cl2NO. The minimum Gasteiger partial charge on any atom is -0.489 e. The van der Waals surface area contributed by atoms with Crippen LogP contribution < -0.4 is 10.1 Å². The molecule has 1 saturated carbocycles. The van der Waals surface area contributed by atoms with Crippen LogP contribution in [0.5, 0.6) is 5.75 Å². The highest BCUT2D eigenvalue weighted by molar-refractivity contribution is 6.30. The molecule has 0 atom stereocenters. The lowest BCUT2D eigenvalue weighted by Gasteiger charge is -2.22. The molecule has 0 amide bonds. The van der Waals surface area contributed by atoms with E-state index >= 15 is 0 Å². The van der Waals surface area contributed by atoms with Crippen LogP contribution in [0.3, 0.4) is 0 Å². The van der Waals surface area contributed by atoms with Crippen molar-refractivity contribution in [1.82, 2.24) is 5.32 Å². The molecule has 0 bridgehead atoms. The first-order chi connectivity index (χ1) is 11.3. The first kappa shape index (κ1) is 19.1. The second-order valence-corrected chi connectivity index (χ2v) is 6.71. The molecule has 1 N–H and O–H groups in total. The number of halogens is 2. The first-order valence-electron chi connectivity index (χ1n) is 8.49. The summed E-state index contributed by atoms with van der Waals surface area (Å²) in [6, 6.07) is 16.8. The van der Waals surface area contributed by atoms with Crippen LogP contribution in [0.1, 0.15) is 43.2 Å². The van der Waals surface area contributed by atoms with E-state index in [9.17, 15) is 0 Å².